The number of carbonyl (C=O) groups is 1. The molecule has 1 rings (SSSR count). The van der Waals surface area contributed by atoms with Crippen molar-refractivity contribution in [2.24, 2.45) is 0 Å². The molecule has 4 nitrogen and oxygen atoms in total. The van der Waals surface area contributed by atoms with Crippen molar-refractivity contribution in [3.63, 3.8) is 0 Å². The van der Waals surface area contributed by atoms with Crippen LogP contribution < -0.4 is 0 Å². The predicted molar refractivity (Wildman–Crippen MR) is 93.0 cm³/mol. The Morgan fingerprint density at radius 3 is 2.35 bits per heavy atom. The first-order valence-corrected chi connectivity index (χ1v) is 8.19. The fourth-order valence-corrected chi connectivity index (χ4v) is 2.70. The molecule has 0 spiro atoms. The van der Waals surface area contributed by atoms with Gasteiger partial charge in [-0.05, 0) is 45.9 Å². The normalized spacial score (nSPS) is 14.2. The Balaban J connectivity index is 3.00. The molecule has 0 aromatic heterocycles. The van der Waals surface area contributed by atoms with E-state index < -0.39 is 35.5 Å². The Morgan fingerprint density at radius 1 is 1.31 bits per heavy atom. The molecule has 2 atom stereocenters. The van der Waals surface area contributed by atoms with E-state index in [9.17, 15) is 28.2 Å². The first-order valence-electron chi connectivity index (χ1n) is 7.81. The lowest BCUT2D eigenvalue weighted by atomic mass is 10.00. The number of aliphatic hydroxyl groups excluding tert-OH is 1. The molecule has 1 aromatic rings. The van der Waals surface area contributed by atoms with Gasteiger partial charge in [-0.3, -0.25) is 4.90 Å². The maximum absolute atomic E-state index is 13.0. The number of hydrogen-bond donors (Lipinski definition) is 2. The molecular weight excluding hydrogens is 371 g/mol. The van der Waals surface area contributed by atoms with Crippen molar-refractivity contribution in [3.8, 4) is 11.8 Å². The van der Waals surface area contributed by atoms with Crippen LogP contribution in [0.5, 0.6) is 0 Å². The zero-order valence-electron chi connectivity index (χ0n) is 14.9. The zero-order valence-corrected chi connectivity index (χ0v) is 15.6. The molecule has 0 saturated carbocycles. The minimum absolute atomic E-state index is 0.0567. The Bertz CT molecular complexity index is 717. The molecule has 0 radical (unpaired) electrons. The first-order chi connectivity index (χ1) is 11.7. The molecule has 1 aromatic carbocycles. The van der Waals surface area contributed by atoms with Gasteiger partial charge in [-0.15, -0.1) is 0 Å². The third-order valence-electron chi connectivity index (χ3n) is 3.71. The molecule has 0 bridgehead atoms. The van der Waals surface area contributed by atoms with Crippen molar-refractivity contribution >= 4 is 17.7 Å². The van der Waals surface area contributed by atoms with E-state index in [1.165, 1.54) is 13.0 Å². The Kier molecular flexibility index (Phi) is 6.97. The van der Waals surface area contributed by atoms with Crippen molar-refractivity contribution in [2.45, 2.75) is 58.0 Å². The van der Waals surface area contributed by atoms with Crippen LogP contribution in [0.2, 0.25) is 5.02 Å². The number of aliphatic hydroxyl groups is 1. The maximum Gasteiger partial charge on any atom is 0.417 e. The number of hydrogen-bond acceptors (Lipinski definition) is 2. The molecule has 0 heterocycles. The second-order valence-corrected chi connectivity index (χ2v) is 7.26. The summed E-state index contributed by atoms with van der Waals surface area (Å²) in [6.45, 7) is 6.56. The minimum atomic E-state index is -4.60. The van der Waals surface area contributed by atoms with Gasteiger partial charge in [0.15, 0.2) is 0 Å². The fraction of sp³-hybridized carbons (Fsp3) is 0.500. The molecule has 0 saturated heterocycles. The highest BCUT2D eigenvalue weighted by atomic mass is 35.5. The van der Waals surface area contributed by atoms with E-state index >= 15 is 0 Å². The standard InChI is InChI=1S/C18H21ClF3NO3/c1-11(23(16(25)26)17(2,3)4)15(24)7-5-6-12-8-9-13(19)10-14(12)18(20,21)22/h8-11,15,24H,7H2,1-4H3,(H,25,26)/t11-,15-/m0/s1. The average Bonchev–Trinajstić information content (AvgIpc) is 2.45. The van der Waals surface area contributed by atoms with Crippen LogP contribution in [0.4, 0.5) is 18.0 Å². The second kappa shape index (κ2) is 8.19. The van der Waals surface area contributed by atoms with Crippen molar-refractivity contribution < 1.29 is 28.2 Å². The van der Waals surface area contributed by atoms with Crippen LogP contribution in [0, 0.1) is 11.8 Å². The smallest absolute Gasteiger partial charge is 0.417 e. The van der Waals surface area contributed by atoms with E-state index in [-0.39, 0.29) is 17.0 Å². The van der Waals surface area contributed by atoms with Crippen LogP contribution in [-0.4, -0.2) is 38.9 Å². The van der Waals surface area contributed by atoms with E-state index in [2.05, 4.69) is 11.8 Å². The van der Waals surface area contributed by atoms with Gasteiger partial charge in [0.1, 0.15) is 0 Å². The summed E-state index contributed by atoms with van der Waals surface area (Å²) in [5.74, 6) is 4.88. The SMILES string of the molecule is C[C@@H]([C@@H](O)CC#Cc1ccc(Cl)cc1C(F)(F)F)N(C(=O)O)C(C)(C)C. The molecule has 1 amide bonds. The van der Waals surface area contributed by atoms with Crippen molar-refractivity contribution in [1.82, 2.24) is 4.90 Å². The van der Waals surface area contributed by atoms with E-state index in [1.807, 2.05) is 0 Å². The monoisotopic (exact) mass is 391 g/mol. The summed E-state index contributed by atoms with van der Waals surface area (Å²) in [5, 5.41) is 19.5. The number of halogens is 4. The van der Waals surface area contributed by atoms with Crippen LogP contribution >= 0.6 is 11.6 Å². The van der Waals surface area contributed by atoms with Crippen molar-refractivity contribution in [2.75, 3.05) is 0 Å². The van der Waals surface area contributed by atoms with Gasteiger partial charge in [-0.2, -0.15) is 13.2 Å². The van der Waals surface area contributed by atoms with Gasteiger partial charge in [0.05, 0.1) is 17.7 Å². The molecule has 2 N–H and O–H groups in total. The summed E-state index contributed by atoms with van der Waals surface area (Å²) in [5.41, 5.74) is -1.96. The third kappa shape index (κ3) is 5.82. The second-order valence-electron chi connectivity index (χ2n) is 6.82. The highest BCUT2D eigenvalue weighted by Gasteiger charge is 2.35. The van der Waals surface area contributed by atoms with E-state index in [0.717, 1.165) is 17.0 Å². The number of amides is 1. The lowest BCUT2D eigenvalue weighted by Crippen LogP contribution is -2.54. The number of benzene rings is 1. The van der Waals surface area contributed by atoms with Crippen molar-refractivity contribution in [1.29, 1.82) is 0 Å². The van der Waals surface area contributed by atoms with Gasteiger partial charge in [0.25, 0.3) is 0 Å². The Morgan fingerprint density at radius 2 is 1.88 bits per heavy atom. The number of carboxylic acid groups (broad SMARTS) is 1. The van der Waals surface area contributed by atoms with Crippen molar-refractivity contribution in [3.05, 3.63) is 34.3 Å². The molecule has 0 aliphatic heterocycles. The average molecular weight is 392 g/mol. The summed E-state index contributed by atoms with van der Waals surface area (Å²) in [7, 11) is 0. The van der Waals surface area contributed by atoms with Gasteiger partial charge >= 0.3 is 12.3 Å². The summed E-state index contributed by atoms with van der Waals surface area (Å²) in [6, 6.07) is 2.46. The van der Waals surface area contributed by atoms with Crippen LogP contribution in [0.15, 0.2) is 18.2 Å². The van der Waals surface area contributed by atoms with Crippen LogP contribution in [0.25, 0.3) is 0 Å². The number of rotatable bonds is 3. The highest BCUT2D eigenvalue weighted by Crippen LogP contribution is 2.33. The molecule has 8 heteroatoms. The largest absolute Gasteiger partial charge is 0.465 e. The van der Waals surface area contributed by atoms with Crippen LogP contribution in [-0.2, 0) is 6.18 Å². The summed E-state index contributed by atoms with van der Waals surface area (Å²) in [4.78, 5) is 12.5. The molecule has 0 aliphatic rings. The molecule has 26 heavy (non-hydrogen) atoms. The quantitative estimate of drug-likeness (QED) is 0.738. The van der Waals surface area contributed by atoms with Gasteiger partial charge in [-0.25, -0.2) is 4.79 Å². The van der Waals surface area contributed by atoms with Gasteiger partial charge in [0, 0.05) is 22.5 Å². The lowest BCUT2D eigenvalue weighted by Gasteiger charge is -2.39. The maximum atomic E-state index is 13.0. The topological polar surface area (TPSA) is 60.8 Å². The summed E-state index contributed by atoms with van der Waals surface area (Å²) in [6.07, 6.45) is -7.14. The summed E-state index contributed by atoms with van der Waals surface area (Å²) < 4.78 is 39.1. The fourth-order valence-electron chi connectivity index (χ4n) is 2.53. The van der Waals surface area contributed by atoms with E-state index in [0.29, 0.717) is 0 Å². The van der Waals surface area contributed by atoms with E-state index in [1.54, 1.807) is 20.8 Å². The molecule has 0 fully saturated rings. The Hall–Kier alpha value is -1.91. The first kappa shape index (κ1) is 22.1. The number of alkyl halides is 3. The molecule has 144 valence electrons. The molecular formula is C18H21ClF3NO3. The Labute approximate surface area is 155 Å². The summed E-state index contributed by atoms with van der Waals surface area (Å²) >= 11 is 5.61. The van der Waals surface area contributed by atoms with Gasteiger partial charge in [0.2, 0.25) is 0 Å². The predicted octanol–water partition coefficient (Wildman–Crippen LogP) is 4.63. The minimum Gasteiger partial charge on any atom is -0.465 e. The van der Waals surface area contributed by atoms with E-state index in [4.69, 9.17) is 11.6 Å². The third-order valence-corrected chi connectivity index (χ3v) is 3.95. The van der Waals surface area contributed by atoms with Gasteiger partial charge < -0.3 is 10.2 Å². The molecule has 0 aliphatic carbocycles. The number of nitrogens with zero attached hydrogens (tertiary/aromatic N) is 1. The zero-order chi connectivity index (χ0) is 20.3. The van der Waals surface area contributed by atoms with Crippen LogP contribution in [0.1, 0.15) is 45.2 Å². The van der Waals surface area contributed by atoms with Crippen LogP contribution in [0.3, 0.4) is 0 Å². The lowest BCUT2D eigenvalue weighted by molar-refractivity contribution is -0.137. The molecule has 0 unspecified atom stereocenters. The highest BCUT2D eigenvalue weighted by molar-refractivity contribution is 6.30. The van der Waals surface area contributed by atoms with Gasteiger partial charge in [-0.1, -0.05) is 23.4 Å².